The molecule has 1 spiro atoms. The SMILES string of the molecule is C/C=C\C=C/C1C[C@@H]2c3ccccc3C3C=CC=C4C3[C@]42c2ccccc21.CC.I. The van der Waals surface area contributed by atoms with Gasteiger partial charge in [-0.05, 0) is 41.5 Å². The van der Waals surface area contributed by atoms with Crippen LogP contribution in [0.5, 0.6) is 0 Å². The summed E-state index contributed by atoms with van der Waals surface area (Å²) in [5.74, 6) is 2.31. The predicted octanol–water partition coefficient (Wildman–Crippen LogP) is 8.20. The average Bonchev–Trinajstić information content (AvgIpc) is 3.47. The van der Waals surface area contributed by atoms with Crippen LogP contribution in [-0.2, 0) is 5.41 Å². The first-order valence-electron chi connectivity index (χ1n) is 11.2. The number of hydrogen-bond acceptors (Lipinski definition) is 0. The van der Waals surface area contributed by atoms with Gasteiger partial charge in [0.05, 0.1) is 0 Å². The van der Waals surface area contributed by atoms with E-state index in [-0.39, 0.29) is 29.4 Å². The Hall–Kier alpha value is -1.87. The molecule has 0 N–H and O–H groups in total. The summed E-state index contributed by atoms with van der Waals surface area (Å²) < 4.78 is 0. The lowest BCUT2D eigenvalue weighted by Crippen LogP contribution is -2.34. The van der Waals surface area contributed by atoms with E-state index in [0.29, 0.717) is 23.7 Å². The zero-order valence-electron chi connectivity index (χ0n) is 18.1. The maximum absolute atomic E-state index is 2.44. The van der Waals surface area contributed by atoms with Crippen LogP contribution in [0.3, 0.4) is 0 Å². The predicted molar refractivity (Wildman–Crippen MR) is 139 cm³/mol. The molecule has 1 fully saturated rings. The second-order valence-electron chi connectivity index (χ2n) is 8.40. The molecule has 0 saturated heterocycles. The molecule has 1 heteroatoms. The molecule has 0 aromatic heterocycles. The Bertz CT molecular complexity index is 1050. The summed E-state index contributed by atoms with van der Waals surface area (Å²) in [7, 11) is 0. The molecule has 3 unspecified atom stereocenters. The van der Waals surface area contributed by atoms with Gasteiger partial charge in [0.25, 0.3) is 0 Å². The number of hydrogen-bond donors (Lipinski definition) is 0. The molecule has 1 saturated carbocycles. The lowest BCUT2D eigenvalue weighted by atomic mass is 9.59. The molecule has 0 amide bonds. The summed E-state index contributed by atoms with van der Waals surface area (Å²) in [6, 6.07) is 18.5. The molecule has 154 valence electrons. The van der Waals surface area contributed by atoms with E-state index >= 15 is 0 Å². The molecule has 5 atom stereocenters. The summed E-state index contributed by atoms with van der Waals surface area (Å²) >= 11 is 0. The summed E-state index contributed by atoms with van der Waals surface area (Å²) in [6.45, 7) is 6.08. The van der Waals surface area contributed by atoms with Crippen LogP contribution in [0.2, 0.25) is 0 Å². The third-order valence-corrected chi connectivity index (χ3v) is 7.40. The summed E-state index contributed by atoms with van der Waals surface area (Å²) in [5, 5.41) is 0. The van der Waals surface area contributed by atoms with Gasteiger partial charge in [-0.3, -0.25) is 0 Å². The van der Waals surface area contributed by atoms with Gasteiger partial charge in [0.1, 0.15) is 0 Å². The van der Waals surface area contributed by atoms with E-state index in [1.54, 1.807) is 27.8 Å². The monoisotopic (exact) mass is 506 g/mol. The summed E-state index contributed by atoms with van der Waals surface area (Å²) in [5.41, 5.74) is 8.22. The van der Waals surface area contributed by atoms with E-state index in [1.165, 1.54) is 6.42 Å². The van der Waals surface area contributed by atoms with Crippen molar-refractivity contribution in [2.75, 3.05) is 0 Å². The number of rotatable bonds is 2. The largest absolute Gasteiger partial charge is 0.107 e. The first-order valence-corrected chi connectivity index (χ1v) is 11.2. The topological polar surface area (TPSA) is 0 Å². The molecule has 4 aliphatic rings. The Morgan fingerprint density at radius 3 is 2.37 bits per heavy atom. The second-order valence-corrected chi connectivity index (χ2v) is 8.40. The third-order valence-electron chi connectivity index (χ3n) is 7.40. The maximum Gasteiger partial charge on any atom is 0.0314 e. The van der Waals surface area contributed by atoms with Crippen LogP contribution >= 0.6 is 24.0 Å². The summed E-state index contributed by atoms with van der Waals surface area (Å²) in [6.07, 6.45) is 17.3. The zero-order chi connectivity index (χ0) is 20.0. The van der Waals surface area contributed by atoms with Crippen LogP contribution in [0.25, 0.3) is 0 Å². The zero-order valence-corrected chi connectivity index (χ0v) is 20.4. The molecule has 0 aliphatic heterocycles. The van der Waals surface area contributed by atoms with Gasteiger partial charge in [0, 0.05) is 23.2 Å². The van der Waals surface area contributed by atoms with Gasteiger partial charge in [-0.15, -0.1) is 24.0 Å². The second kappa shape index (κ2) is 8.34. The molecule has 30 heavy (non-hydrogen) atoms. The molecular weight excluding hydrogens is 475 g/mol. The van der Waals surface area contributed by atoms with Crippen LogP contribution in [0.15, 0.2) is 96.6 Å². The van der Waals surface area contributed by atoms with Gasteiger partial charge in [-0.2, -0.15) is 0 Å². The molecular formula is C29H31I. The number of fused-ring (bicyclic) bond motifs is 4. The van der Waals surface area contributed by atoms with Gasteiger partial charge in [-0.25, -0.2) is 0 Å². The number of benzene rings is 2. The van der Waals surface area contributed by atoms with Crippen LogP contribution in [0, 0.1) is 5.92 Å². The minimum absolute atomic E-state index is 0. The van der Waals surface area contributed by atoms with E-state index in [9.17, 15) is 0 Å². The molecule has 6 rings (SSSR count). The lowest BCUT2D eigenvalue weighted by Gasteiger charge is -2.43. The van der Waals surface area contributed by atoms with Crippen LogP contribution in [0.4, 0.5) is 0 Å². The molecule has 0 heterocycles. The molecule has 0 nitrogen and oxygen atoms in total. The molecule has 2 aromatic carbocycles. The average molecular weight is 506 g/mol. The van der Waals surface area contributed by atoms with Crippen molar-refractivity contribution in [1.29, 1.82) is 0 Å². The Kier molecular flexibility index (Phi) is 5.94. The maximum atomic E-state index is 2.44. The van der Waals surface area contributed by atoms with Crippen molar-refractivity contribution in [1.82, 2.24) is 0 Å². The molecule has 0 radical (unpaired) electrons. The molecule has 4 aliphatic carbocycles. The molecule has 2 aromatic rings. The number of halogens is 1. The third kappa shape index (κ3) is 2.77. The highest BCUT2D eigenvalue weighted by Crippen LogP contribution is 2.78. The smallest absolute Gasteiger partial charge is 0.0314 e. The van der Waals surface area contributed by atoms with Crippen molar-refractivity contribution in [2.45, 2.75) is 50.4 Å². The van der Waals surface area contributed by atoms with Crippen LogP contribution in [-0.4, -0.2) is 0 Å². The van der Waals surface area contributed by atoms with Crippen LogP contribution in [0.1, 0.15) is 67.2 Å². The fourth-order valence-electron chi connectivity index (χ4n) is 6.47. The highest BCUT2D eigenvalue weighted by molar-refractivity contribution is 14.0. The van der Waals surface area contributed by atoms with E-state index in [0.717, 1.165) is 0 Å². The minimum atomic E-state index is 0. The summed E-state index contributed by atoms with van der Waals surface area (Å²) in [4.78, 5) is 0. The van der Waals surface area contributed by atoms with Crippen molar-refractivity contribution in [2.24, 2.45) is 5.92 Å². The van der Waals surface area contributed by atoms with E-state index in [2.05, 4.69) is 98.0 Å². The van der Waals surface area contributed by atoms with Gasteiger partial charge in [0.15, 0.2) is 0 Å². The van der Waals surface area contributed by atoms with Crippen molar-refractivity contribution in [3.63, 3.8) is 0 Å². The fraction of sp³-hybridized carbons (Fsp3) is 0.310. The fourth-order valence-corrected chi connectivity index (χ4v) is 6.47. The Morgan fingerprint density at radius 1 is 0.900 bits per heavy atom. The molecule has 0 bridgehead atoms. The first kappa shape index (κ1) is 21.4. The lowest BCUT2D eigenvalue weighted by molar-refractivity contribution is 0.377. The van der Waals surface area contributed by atoms with E-state index in [4.69, 9.17) is 0 Å². The quantitative estimate of drug-likeness (QED) is 0.285. The van der Waals surface area contributed by atoms with Crippen molar-refractivity contribution in [3.8, 4) is 0 Å². The highest BCUT2D eigenvalue weighted by Gasteiger charge is 2.71. The van der Waals surface area contributed by atoms with Gasteiger partial charge in [0.2, 0.25) is 0 Å². The standard InChI is InChI=1S/C27H24.C2H6.HI/c1-2-3-4-10-18-17-25-21-13-6-5-12-20(21)22-14-9-16-24-26(22)27(24,25)23-15-8-7-11-19(18)23;1-2;/h2-16,18,22,25-26H,17H2,1H3;1-2H3;1H/b3-2-,10-4-;;/t18?,22?,25-,26?,27-;;/m1../s1. The van der Waals surface area contributed by atoms with Crippen LogP contribution < -0.4 is 0 Å². The first-order chi connectivity index (χ1) is 14.4. The Labute approximate surface area is 198 Å². The van der Waals surface area contributed by atoms with Crippen molar-refractivity contribution >= 4 is 24.0 Å². The normalized spacial score (nSPS) is 31.4. The number of allylic oxidation sites excluding steroid dienone is 8. The minimum Gasteiger partial charge on any atom is -0.107 e. The van der Waals surface area contributed by atoms with Gasteiger partial charge in [-0.1, -0.05) is 110 Å². The van der Waals surface area contributed by atoms with E-state index < -0.39 is 0 Å². The van der Waals surface area contributed by atoms with Gasteiger partial charge < -0.3 is 0 Å². The highest BCUT2D eigenvalue weighted by atomic mass is 127. The Balaban J connectivity index is 0.000000706. The Morgan fingerprint density at radius 2 is 1.60 bits per heavy atom. The van der Waals surface area contributed by atoms with Gasteiger partial charge >= 0.3 is 0 Å². The van der Waals surface area contributed by atoms with E-state index in [1.807, 2.05) is 13.8 Å². The van der Waals surface area contributed by atoms with Crippen molar-refractivity contribution in [3.05, 3.63) is 119 Å². The van der Waals surface area contributed by atoms with Crippen molar-refractivity contribution < 1.29 is 0 Å².